The standard InChI is InChI=1S/C14H19NO3S/c16-12(7-3-5-11-6-4-10-19-11)15-14(13(17)18)8-1-2-9-14/h4,6,10H,1-3,5,7-9H2,(H,15,16)(H,17,18). The summed E-state index contributed by atoms with van der Waals surface area (Å²) >= 11 is 1.69. The monoisotopic (exact) mass is 281 g/mol. The highest BCUT2D eigenvalue weighted by Gasteiger charge is 2.42. The van der Waals surface area contributed by atoms with Gasteiger partial charge >= 0.3 is 5.97 Å². The predicted octanol–water partition coefficient (Wildman–Crippen LogP) is 2.58. The highest BCUT2D eigenvalue weighted by Crippen LogP contribution is 2.30. The number of carboxylic acid groups (broad SMARTS) is 1. The fourth-order valence-electron chi connectivity index (χ4n) is 2.58. The van der Waals surface area contributed by atoms with Gasteiger partial charge in [0.05, 0.1) is 0 Å². The maximum atomic E-state index is 11.9. The van der Waals surface area contributed by atoms with Gasteiger partial charge in [0.1, 0.15) is 5.54 Å². The maximum absolute atomic E-state index is 11.9. The van der Waals surface area contributed by atoms with Crippen LogP contribution in [0.4, 0.5) is 0 Å². The van der Waals surface area contributed by atoms with Gasteiger partial charge in [-0.3, -0.25) is 4.79 Å². The summed E-state index contributed by atoms with van der Waals surface area (Å²) in [5.41, 5.74) is -1.000. The Kier molecular flexibility index (Phi) is 4.58. The van der Waals surface area contributed by atoms with Crippen molar-refractivity contribution in [3.05, 3.63) is 22.4 Å². The Bertz CT molecular complexity index is 436. The number of carbonyl (C=O) groups is 2. The molecule has 4 nitrogen and oxygen atoms in total. The van der Waals surface area contributed by atoms with Crippen molar-refractivity contribution in [2.45, 2.75) is 50.5 Å². The number of aliphatic carboxylic acids is 1. The number of amides is 1. The van der Waals surface area contributed by atoms with Gasteiger partial charge in [0.15, 0.2) is 0 Å². The lowest BCUT2D eigenvalue weighted by Crippen LogP contribution is -2.52. The molecule has 19 heavy (non-hydrogen) atoms. The van der Waals surface area contributed by atoms with Gasteiger partial charge < -0.3 is 10.4 Å². The van der Waals surface area contributed by atoms with Crippen molar-refractivity contribution < 1.29 is 14.7 Å². The molecule has 1 heterocycles. The van der Waals surface area contributed by atoms with Crippen molar-refractivity contribution in [2.24, 2.45) is 0 Å². The number of carboxylic acids is 1. The molecule has 1 aromatic rings. The van der Waals surface area contributed by atoms with E-state index in [1.165, 1.54) is 4.88 Å². The van der Waals surface area contributed by atoms with E-state index in [1.54, 1.807) is 11.3 Å². The van der Waals surface area contributed by atoms with Gasteiger partial charge in [-0.2, -0.15) is 0 Å². The Labute approximate surface area is 116 Å². The third kappa shape index (κ3) is 3.56. The fourth-order valence-corrected chi connectivity index (χ4v) is 3.33. The lowest BCUT2D eigenvalue weighted by atomic mass is 9.97. The van der Waals surface area contributed by atoms with E-state index in [-0.39, 0.29) is 5.91 Å². The van der Waals surface area contributed by atoms with Crippen LogP contribution in [-0.2, 0) is 16.0 Å². The molecule has 0 spiro atoms. The second-order valence-corrected chi connectivity index (χ2v) is 6.11. The molecule has 1 saturated carbocycles. The molecule has 0 radical (unpaired) electrons. The fraction of sp³-hybridized carbons (Fsp3) is 0.571. The zero-order chi connectivity index (χ0) is 13.7. The second-order valence-electron chi connectivity index (χ2n) is 5.08. The molecule has 0 bridgehead atoms. The molecule has 0 unspecified atom stereocenters. The summed E-state index contributed by atoms with van der Waals surface area (Å²) in [6.45, 7) is 0. The van der Waals surface area contributed by atoms with Gasteiger partial charge in [0, 0.05) is 11.3 Å². The Hall–Kier alpha value is -1.36. The first-order valence-electron chi connectivity index (χ1n) is 6.69. The largest absolute Gasteiger partial charge is 0.480 e. The van der Waals surface area contributed by atoms with E-state index in [0.29, 0.717) is 19.3 Å². The molecular weight excluding hydrogens is 262 g/mol. The van der Waals surface area contributed by atoms with Gasteiger partial charge in [0.25, 0.3) is 0 Å². The number of hydrogen-bond donors (Lipinski definition) is 2. The van der Waals surface area contributed by atoms with E-state index in [0.717, 1.165) is 25.7 Å². The minimum Gasteiger partial charge on any atom is -0.480 e. The lowest BCUT2D eigenvalue weighted by Gasteiger charge is -2.25. The van der Waals surface area contributed by atoms with E-state index < -0.39 is 11.5 Å². The number of rotatable bonds is 6. The Morgan fingerprint density at radius 1 is 1.37 bits per heavy atom. The average Bonchev–Trinajstić information content (AvgIpc) is 3.00. The summed E-state index contributed by atoms with van der Waals surface area (Å²) in [5.74, 6) is -1.03. The summed E-state index contributed by atoms with van der Waals surface area (Å²) in [5, 5.41) is 14.0. The Balaban J connectivity index is 1.78. The highest BCUT2D eigenvalue weighted by atomic mass is 32.1. The smallest absolute Gasteiger partial charge is 0.329 e. The number of hydrogen-bond acceptors (Lipinski definition) is 3. The van der Waals surface area contributed by atoms with E-state index in [9.17, 15) is 14.7 Å². The van der Waals surface area contributed by atoms with Crippen molar-refractivity contribution in [3.63, 3.8) is 0 Å². The molecule has 5 heteroatoms. The third-order valence-corrected chi connectivity index (χ3v) is 4.59. The van der Waals surface area contributed by atoms with Crippen LogP contribution >= 0.6 is 11.3 Å². The van der Waals surface area contributed by atoms with E-state index in [1.807, 2.05) is 11.4 Å². The SMILES string of the molecule is O=C(CCCc1cccs1)NC1(C(=O)O)CCCC1. The molecule has 0 aliphatic heterocycles. The molecule has 0 aromatic carbocycles. The van der Waals surface area contributed by atoms with Crippen LogP contribution in [0.2, 0.25) is 0 Å². The Morgan fingerprint density at radius 2 is 2.11 bits per heavy atom. The summed E-state index contributed by atoms with van der Waals surface area (Å²) in [4.78, 5) is 24.4. The molecule has 2 N–H and O–H groups in total. The molecular formula is C14H19NO3S. The molecule has 1 aliphatic carbocycles. The zero-order valence-corrected chi connectivity index (χ0v) is 11.7. The minimum absolute atomic E-state index is 0.138. The van der Waals surface area contributed by atoms with Crippen molar-refractivity contribution in [2.75, 3.05) is 0 Å². The molecule has 0 saturated heterocycles. The van der Waals surface area contributed by atoms with Crippen LogP contribution in [0.1, 0.15) is 43.4 Å². The van der Waals surface area contributed by atoms with Gasteiger partial charge in [0.2, 0.25) is 5.91 Å². The molecule has 1 aromatic heterocycles. The minimum atomic E-state index is -1.000. The van der Waals surface area contributed by atoms with Crippen molar-refractivity contribution in [1.82, 2.24) is 5.32 Å². The Morgan fingerprint density at radius 3 is 2.68 bits per heavy atom. The summed E-state index contributed by atoms with van der Waals surface area (Å²) in [6, 6.07) is 4.05. The maximum Gasteiger partial charge on any atom is 0.329 e. The lowest BCUT2D eigenvalue weighted by molar-refractivity contribution is -0.147. The van der Waals surface area contributed by atoms with Crippen LogP contribution in [-0.4, -0.2) is 22.5 Å². The molecule has 104 valence electrons. The van der Waals surface area contributed by atoms with Gasteiger partial charge in [-0.15, -0.1) is 11.3 Å². The van der Waals surface area contributed by atoms with Gasteiger partial charge in [-0.25, -0.2) is 4.79 Å². The van der Waals surface area contributed by atoms with Gasteiger partial charge in [-0.1, -0.05) is 18.9 Å². The van der Waals surface area contributed by atoms with Crippen LogP contribution in [0.25, 0.3) is 0 Å². The molecule has 2 rings (SSSR count). The van der Waals surface area contributed by atoms with E-state index >= 15 is 0 Å². The first kappa shape index (κ1) is 14.1. The highest BCUT2D eigenvalue weighted by molar-refractivity contribution is 7.09. The summed E-state index contributed by atoms with van der Waals surface area (Å²) in [6.07, 6.45) is 4.90. The summed E-state index contributed by atoms with van der Waals surface area (Å²) < 4.78 is 0. The van der Waals surface area contributed by atoms with Crippen LogP contribution in [0.3, 0.4) is 0 Å². The molecule has 1 fully saturated rings. The number of nitrogens with one attached hydrogen (secondary N) is 1. The second kappa shape index (κ2) is 6.19. The predicted molar refractivity (Wildman–Crippen MR) is 74.2 cm³/mol. The first-order chi connectivity index (χ1) is 9.12. The number of thiophene rings is 1. The number of aryl methyl sites for hydroxylation is 1. The quantitative estimate of drug-likeness (QED) is 0.842. The van der Waals surface area contributed by atoms with Crippen LogP contribution < -0.4 is 5.32 Å². The van der Waals surface area contributed by atoms with Crippen molar-refractivity contribution in [3.8, 4) is 0 Å². The van der Waals surface area contributed by atoms with Crippen LogP contribution in [0, 0.1) is 0 Å². The topological polar surface area (TPSA) is 66.4 Å². The number of carbonyl (C=O) groups excluding carboxylic acids is 1. The van der Waals surface area contributed by atoms with Crippen molar-refractivity contribution in [1.29, 1.82) is 0 Å². The normalized spacial score (nSPS) is 17.3. The first-order valence-corrected chi connectivity index (χ1v) is 7.57. The van der Waals surface area contributed by atoms with E-state index in [2.05, 4.69) is 11.4 Å². The average molecular weight is 281 g/mol. The van der Waals surface area contributed by atoms with Gasteiger partial charge in [-0.05, 0) is 37.1 Å². The molecule has 0 atom stereocenters. The molecule has 1 amide bonds. The zero-order valence-electron chi connectivity index (χ0n) is 10.9. The van der Waals surface area contributed by atoms with E-state index in [4.69, 9.17) is 0 Å². The van der Waals surface area contributed by atoms with Crippen LogP contribution in [0.15, 0.2) is 17.5 Å². The van der Waals surface area contributed by atoms with Crippen LogP contribution in [0.5, 0.6) is 0 Å². The van der Waals surface area contributed by atoms with Crippen molar-refractivity contribution >= 4 is 23.2 Å². The molecule has 1 aliphatic rings. The summed E-state index contributed by atoms with van der Waals surface area (Å²) in [7, 11) is 0. The third-order valence-electron chi connectivity index (χ3n) is 3.65.